The first-order valence-electron chi connectivity index (χ1n) is 5.22. The summed E-state index contributed by atoms with van der Waals surface area (Å²) in [5.41, 5.74) is -0.292. The van der Waals surface area contributed by atoms with Crippen LogP contribution in [0.3, 0.4) is 0 Å². The van der Waals surface area contributed by atoms with Crippen LogP contribution < -0.4 is 0 Å². The first-order valence-corrected chi connectivity index (χ1v) is 5.22. The van der Waals surface area contributed by atoms with Gasteiger partial charge in [-0.15, -0.1) is 0 Å². The molecule has 0 radical (unpaired) electrons. The predicted molar refractivity (Wildman–Crippen MR) is 61.6 cm³/mol. The number of rotatable bonds is 5. The Hall–Kier alpha value is -1.53. The van der Waals surface area contributed by atoms with Crippen LogP contribution in [0.25, 0.3) is 0 Å². The van der Waals surface area contributed by atoms with E-state index in [0.717, 1.165) is 0 Å². The average molecular weight is 239 g/mol. The second-order valence-corrected chi connectivity index (χ2v) is 4.67. The molecule has 0 atom stereocenters. The number of nitrogens with zero attached hydrogens (tertiary/aromatic N) is 3. The summed E-state index contributed by atoms with van der Waals surface area (Å²) < 4.78 is 0. The van der Waals surface area contributed by atoms with E-state index in [1.807, 2.05) is 4.90 Å². The van der Waals surface area contributed by atoms with E-state index < -0.39 is 11.6 Å². The van der Waals surface area contributed by atoms with Crippen LogP contribution in [-0.2, 0) is 6.54 Å². The van der Waals surface area contributed by atoms with Crippen LogP contribution in [0.5, 0.6) is 0 Å². The fourth-order valence-corrected chi connectivity index (χ4v) is 1.63. The van der Waals surface area contributed by atoms with Crippen LogP contribution in [0, 0.1) is 0 Å². The van der Waals surface area contributed by atoms with Crippen LogP contribution in [0.4, 0.5) is 0 Å². The highest BCUT2D eigenvalue weighted by Gasteiger charge is 2.18. The van der Waals surface area contributed by atoms with Gasteiger partial charge in [0.05, 0.1) is 11.3 Å². The Labute approximate surface area is 99.9 Å². The number of carbonyl (C=O) groups is 1. The lowest BCUT2D eigenvalue weighted by molar-refractivity contribution is 0.0420. The van der Waals surface area contributed by atoms with E-state index in [2.05, 4.69) is 9.97 Å². The molecule has 0 aliphatic heterocycles. The van der Waals surface area contributed by atoms with Crippen LogP contribution in [0.1, 0.15) is 29.9 Å². The number of carboxylic acid groups (broad SMARTS) is 1. The van der Waals surface area contributed by atoms with Crippen molar-refractivity contribution in [1.29, 1.82) is 0 Å². The Morgan fingerprint density at radius 3 is 2.71 bits per heavy atom. The van der Waals surface area contributed by atoms with Crippen LogP contribution in [-0.4, -0.2) is 50.2 Å². The molecule has 0 aliphatic carbocycles. The highest BCUT2D eigenvalue weighted by molar-refractivity contribution is 5.88. The monoisotopic (exact) mass is 239 g/mol. The standard InChI is InChI=1S/C11H17N3O3/c1-11(2,17)6-14(3)5-9-8(10(15)16)4-12-7-13-9/h4,7,17H,5-6H2,1-3H3,(H,15,16). The Kier molecular flexibility index (Phi) is 4.14. The molecule has 0 saturated heterocycles. The summed E-state index contributed by atoms with van der Waals surface area (Å²) in [7, 11) is 1.80. The van der Waals surface area contributed by atoms with Gasteiger partial charge in [-0.2, -0.15) is 0 Å². The van der Waals surface area contributed by atoms with Crippen molar-refractivity contribution in [1.82, 2.24) is 14.9 Å². The summed E-state index contributed by atoms with van der Waals surface area (Å²) >= 11 is 0. The highest BCUT2D eigenvalue weighted by Crippen LogP contribution is 2.09. The van der Waals surface area contributed by atoms with Crippen molar-refractivity contribution in [3.63, 3.8) is 0 Å². The zero-order chi connectivity index (χ0) is 13.1. The van der Waals surface area contributed by atoms with E-state index in [0.29, 0.717) is 18.8 Å². The molecule has 0 unspecified atom stereocenters. The zero-order valence-electron chi connectivity index (χ0n) is 10.2. The van der Waals surface area contributed by atoms with E-state index >= 15 is 0 Å². The second kappa shape index (κ2) is 5.20. The molecule has 0 saturated carbocycles. The van der Waals surface area contributed by atoms with E-state index in [4.69, 9.17) is 5.11 Å². The van der Waals surface area contributed by atoms with Gasteiger partial charge in [-0.25, -0.2) is 14.8 Å². The SMILES string of the molecule is CN(Cc1ncncc1C(=O)O)CC(C)(C)O. The van der Waals surface area contributed by atoms with Gasteiger partial charge in [-0.3, -0.25) is 4.90 Å². The molecule has 0 fully saturated rings. The predicted octanol–water partition coefficient (Wildman–Crippen LogP) is 0.378. The van der Waals surface area contributed by atoms with Crippen molar-refractivity contribution >= 4 is 5.97 Å². The summed E-state index contributed by atoms with van der Waals surface area (Å²) in [5, 5.41) is 18.6. The lowest BCUT2D eigenvalue weighted by atomic mass is 10.1. The van der Waals surface area contributed by atoms with Gasteiger partial charge in [-0.1, -0.05) is 0 Å². The lowest BCUT2D eigenvalue weighted by Crippen LogP contribution is -2.36. The van der Waals surface area contributed by atoms with Crippen molar-refractivity contribution in [3.8, 4) is 0 Å². The maximum Gasteiger partial charge on any atom is 0.339 e. The molecule has 6 nitrogen and oxygen atoms in total. The van der Waals surface area contributed by atoms with Crippen molar-refractivity contribution in [3.05, 3.63) is 23.8 Å². The summed E-state index contributed by atoms with van der Waals surface area (Å²) in [6.45, 7) is 4.17. The van der Waals surface area contributed by atoms with Crippen molar-refractivity contribution < 1.29 is 15.0 Å². The molecule has 2 N–H and O–H groups in total. The second-order valence-electron chi connectivity index (χ2n) is 4.67. The number of likely N-dealkylation sites (N-methyl/N-ethyl adjacent to an activating group) is 1. The Morgan fingerprint density at radius 2 is 2.18 bits per heavy atom. The Morgan fingerprint density at radius 1 is 1.53 bits per heavy atom. The normalized spacial score (nSPS) is 11.8. The molecular formula is C11H17N3O3. The number of carboxylic acids is 1. The molecule has 17 heavy (non-hydrogen) atoms. The quantitative estimate of drug-likeness (QED) is 0.772. The van der Waals surface area contributed by atoms with E-state index in [-0.39, 0.29) is 5.56 Å². The van der Waals surface area contributed by atoms with Crippen molar-refractivity contribution in [2.45, 2.75) is 26.0 Å². The van der Waals surface area contributed by atoms with Gasteiger partial charge >= 0.3 is 5.97 Å². The third kappa shape index (κ3) is 4.46. The molecule has 0 spiro atoms. The van der Waals surface area contributed by atoms with E-state index in [1.54, 1.807) is 20.9 Å². The van der Waals surface area contributed by atoms with Gasteiger partial charge < -0.3 is 10.2 Å². The summed E-state index contributed by atoms with van der Waals surface area (Å²) in [6, 6.07) is 0. The molecule has 0 aromatic carbocycles. The minimum absolute atomic E-state index is 0.0927. The first-order chi connectivity index (χ1) is 7.79. The minimum Gasteiger partial charge on any atom is -0.478 e. The summed E-state index contributed by atoms with van der Waals surface area (Å²) in [4.78, 5) is 20.4. The van der Waals surface area contributed by atoms with Gasteiger partial charge in [0.2, 0.25) is 0 Å². The number of aliphatic hydroxyl groups is 1. The van der Waals surface area contributed by atoms with E-state index in [1.165, 1.54) is 12.5 Å². The Balaban J connectivity index is 2.78. The molecule has 0 aliphatic rings. The molecule has 1 heterocycles. The smallest absolute Gasteiger partial charge is 0.339 e. The molecule has 94 valence electrons. The highest BCUT2D eigenvalue weighted by atomic mass is 16.4. The number of hydrogen-bond acceptors (Lipinski definition) is 5. The molecular weight excluding hydrogens is 222 g/mol. The number of aromatic nitrogens is 2. The molecule has 1 rings (SSSR count). The molecule has 0 amide bonds. The molecule has 0 bridgehead atoms. The van der Waals surface area contributed by atoms with Crippen LogP contribution in [0.2, 0.25) is 0 Å². The van der Waals surface area contributed by atoms with Gasteiger partial charge in [0.25, 0.3) is 0 Å². The fourth-order valence-electron chi connectivity index (χ4n) is 1.63. The van der Waals surface area contributed by atoms with Gasteiger partial charge in [0.15, 0.2) is 0 Å². The van der Waals surface area contributed by atoms with Crippen molar-refractivity contribution in [2.24, 2.45) is 0 Å². The fraction of sp³-hybridized carbons (Fsp3) is 0.545. The third-order valence-electron chi connectivity index (χ3n) is 2.10. The van der Waals surface area contributed by atoms with Gasteiger partial charge in [0, 0.05) is 19.3 Å². The van der Waals surface area contributed by atoms with Gasteiger partial charge in [-0.05, 0) is 20.9 Å². The number of aromatic carboxylic acids is 1. The number of hydrogen-bond donors (Lipinski definition) is 2. The summed E-state index contributed by atoms with van der Waals surface area (Å²) in [5.74, 6) is -1.04. The Bertz CT molecular complexity index is 401. The summed E-state index contributed by atoms with van der Waals surface area (Å²) in [6.07, 6.45) is 2.60. The first kappa shape index (κ1) is 13.5. The minimum atomic E-state index is -1.04. The maximum atomic E-state index is 10.9. The van der Waals surface area contributed by atoms with Crippen molar-refractivity contribution in [2.75, 3.05) is 13.6 Å². The van der Waals surface area contributed by atoms with Gasteiger partial charge in [0.1, 0.15) is 11.9 Å². The largest absolute Gasteiger partial charge is 0.478 e. The van der Waals surface area contributed by atoms with E-state index in [9.17, 15) is 9.90 Å². The van der Waals surface area contributed by atoms with Crippen LogP contribution in [0.15, 0.2) is 12.5 Å². The topological polar surface area (TPSA) is 86.6 Å². The maximum absolute atomic E-state index is 10.9. The third-order valence-corrected chi connectivity index (χ3v) is 2.10. The average Bonchev–Trinajstić information content (AvgIpc) is 2.14. The lowest BCUT2D eigenvalue weighted by Gasteiger charge is -2.25. The van der Waals surface area contributed by atoms with Crippen LogP contribution >= 0.6 is 0 Å². The molecule has 1 aromatic heterocycles. The molecule has 1 aromatic rings. The molecule has 6 heteroatoms. The zero-order valence-corrected chi connectivity index (χ0v) is 10.2.